The van der Waals surface area contributed by atoms with Gasteiger partial charge in [-0.15, -0.1) is 0 Å². The van der Waals surface area contributed by atoms with E-state index in [9.17, 15) is 14.4 Å². The number of nitrogens with zero attached hydrogens (tertiary/aromatic N) is 2. The number of hydrogen-bond donors (Lipinski definition) is 1. The molecule has 0 radical (unpaired) electrons. The summed E-state index contributed by atoms with van der Waals surface area (Å²) in [5, 5.41) is 0.617. The minimum absolute atomic E-state index is 0.0490. The number of carbonyl (C=O) groups is 3. The largest absolute Gasteiger partial charge is 0.378 e. The van der Waals surface area contributed by atoms with Gasteiger partial charge in [-0.25, -0.2) is 0 Å². The first kappa shape index (κ1) is 15.2. The Morgan fingerprint density at radius 1 is 1.13 bits per heavy atom. The summed E-state index contributed by atoms with van der Waals surface area (Å²) in [5.41, 5.74) is 6.05. The van der Waals surface area contributed by atoms with Crippen LogP contribution in [-0.2, 0) is 20.9 Å². The number of primary amides is 1. The fourth-order valence-electron chi connectivity index (χ4n) is 2.75. The molecule has 23 heavy (non-hydrogen) atoms. The van der Waals surface area contributed by atoms with Crippen LogP contribution in [0.25, 0.3) is 10.9 Å². The Hall–Kier alpha value is -2.67. The molecule has 0 atom stereocenters. The van der Waals surface area contributed by atoms with Gasteiger partial charge in [0.05, 0.1) is 18.8 Å². The van der Waals surface area contributed by atoms with E-state index in [1.54, 1.807) is 27.7 Å². The van der Waals surface area contributed by atoms with Gasteiger partial charge in [0, 0.05) is 30.2 Å². The van der Waals surface area contributed by atoms with Gasteiger partial charge in [-0.2, -0.15) is 0 Å². The summed E-state index contributed by atoms with van der Waals surface area (Å²) < 4.78 is 6.92. The van der Waals surface area contributed by atoms with Crippen LogP contribution in [0.15, 0.2) is 30.5 Å². The van der Waals surface area contributed by atoms with E-state index in [1.165, 1.54) is 6.20 Å². The van der Waals surface area contributed by atoms with Crippen molar-refractivity contribution in [3.05, 3.63) is 36.0 Å². The first-order valence-corrected chi connectivity index (χ1v) is 7.35. The van der Waals surface area contributed by atoms with Crippen LogP contribution < -0.4 is 5.73 Å². The van der Waals surface area contributed by atoms with Crippen LogP contribution in [0.5, 0.6) is 0 Å². The van der Waals surface area contributed by atoms with Crippen molar-refractivity contribution in [2.75, 3.05) is 26.3 Å². The van der Waals surface area contributed by atoms with E-state index in [0.29, 0.717) is 31.7 Å². The number of amides is 2. The predicted octanol–water partition coefficient (Wildman–Crippen LogP) is 0.168. The lowest BCUT2D eigenvalue weighted by Gasteiger charge is -2.27. The summed E-state index contributed by atoms with van der Waals surface area (Å²) in [5.74, 6) is -1.81. The number of ether oxygens (including phenoxy) is 1. The van der Waals surface area contributed by atoms with Crippen molar-refractivity contribution in [1.82, 2.24) is 9.47 Å². The smallest absolute Gasteiger partial charge is 0.289 e. The maximum absolute atomic E-state index is 12.4. The number of morpholine rings is 1. The van der Waals surface area contributed by atoms with E-state index in [0.717, 1.165) is 5.52 Å². The lowest BCUT2D eigenvalue weighted by Crippen LogP contribution is -2.42. The standard InChI is InChI=1S/C16H17N3O4/c17-16(22)15(21)12-9-19(13-4-2-1-3-11(12)13)10-14(20)18-5-7-23-8-6-18/h1-4,9H,5-8,10H2,(H2,17,22). The molecule has 2 heterocycles. The Labute approximate surface area is 132 Å². The molecule has 0 spiro atoms. The van der Waals surface area contributed by atoms with Crippen LogP contribution in [0.1, 0.15) is 10.4 Å². The van der Waals surface area contributed by atoms with E-state index in [4.69, 9.17) is 10.5 Å². The highest BCUT2D eigenvalue weighted by Crippen LogP contribution is 2.22. The summed E-state index contributed by atoms with van der Waals surface area (Å²) in [4.78, 5) is 37.3. The molecule has 1 aromatic heterocycles. The molecule has 0 bridgehead atoms. The zero-order valence-electron chi connectivity index (χ0n) is 12.5. The third-order valence-electron chi connectivity index (χ3n) is 3.93. The molecule has 0 unspecified atom stereocenters. The van der Waals surface area contributed by atoms with E-state index in [2.05, 4.69) is 0 Å². The fraction of sp³-hybridized carbons (Fsp3) is 0.312. The van der Waals surface area contributed by atoms with Gasteiger partial charge in [-0.05, 0) is 6.07 Å². The normalized spacial score (nSPS) is 14.9. The molecule has 0 aliphatic carbocycles. The van der Waals surface area contributed by atoms with Crippen LogP contribution in [0.4, 0.5) is 0 Å². The van der Waals surface area contributed by atoms with Gasteiger partial charge in [-0.3, -0.25) is 14.4 Å². The molecule has 7 nitrogen and oxygen atoms in total. The molecule has 120 valence electrons. The quantitative estimate of drug-likeness (QED) is 0.642. The molecule has 0 saturated carbocycles. The minimum atomic E-state index is -1.01. The Balaban J connectivity index is 1.93. The lowest BCUT2D eigenvalue weighted by atomic mass is 10.1. The number of benzene rings is 1. The summed E-state index contributed by atoms with van der Waals surface area (Å²) in [6, 6.07) is 7.13. The summed E-state index contributed by atoms with van der Waals surface area (Å²) in [6.07, 6.45) is 1.52. The molecule has 2 amide bonds. The number of aromatic nitrogens is 1. The fourth-order valence-corrected chi connectivity index (χ4v) is 2.75. The van der Waals surface area contributed by atoms with Crippen molar-refractivity contribution in [2.24, 2.45) is 5.73 Å². The highest BCUT2D eigenvalue weighted by molar-refractivity contribution is 6.44. The number of carbonyl (C=O) groups excluding carboxylic acids is 3. The molecule has 7 heteroatoms. The van der Waals surface area contributed by atoms with Crippen LogP contribution in [0, 0.1) is 0 Å². The van der Waals surface area contributed by atoms with Crippen molar-refractivity contribution in [2.45, 2.75) is 6.54 Å². The average molecular weight is 315 g/mol. The Kier molecular flexibility index (Phi) is 4.12. The minimum Gasteiger partial charge on any atom is -0.378 e. The van der Waals surface area contributed by atoms with Crippen molar-refractivity contribution in [1.29, 1.82) is 0 Å². The summed E-state index contributed by atoms with van der Waals surface area (Å²) in [6.45, 7) is 2.29. The second-order valence-corrected chi connectivity index (χ2v) is 5.37. The zero-order valence-corrected chi connectivity index (χ0v) is 12.5. The van der Waals surface area contributed by atoms with Crippen molar-refractivity contribution in [3.63, 3.8) is 0 Å². The summed E-state index contributed by atoms with van der Waals surface area (Å²) >= 11 is 0. The lowest BCUT2D eigenvalue weighted by molar-refractivity contribution is -0.135. The van der Waals surface area contributed by atoms with E-state index < -0.39 is 11.7 Å². The van der Waals surface area contributed by atoms with Crippen molar-refractivity contribution >= 4 is 28.5 Å². The molecule has 1 aliphatic heterocycles. The maximum atomic E-state index is 12.4. The topological polar surface area (TPSA) is 94.6 Å². The molecular formula is C16H17N3O4. The van der Waals surface area contributed by atoms with Gasteiger partial charge >= 0.3 is 0 Å². The number of ketones is 1. The monoisotopic (exact) mass is 315 g/mol. The number of Topliss-reactive ketones (excluding diaryl/α,β-unsaturated/α-hetero) is 1. The van der Waals surface area contributed by atoms with Gasteiger partial charge in [0.1, 0.15) is 6.54 Å². The number of fused-ring (bicyclic) bond motifs is 1. The Morgan fingerprint density at radius 2 is 1.83 bits per heavy atom. The first-order chi connectivity index (χ1) is 11.1. The molecule has 3 rings (SSSR count). The Bertz CT molecular complexity index is 775. The van der Waals surface area contributed by atoms with Gasteiger partial charge in [-0.1, -0.05) is 18.2 Å². The number of nitrogens with two attached hydrogens (primary N) is 1. The molecule has 1 fully saturated rings. The Morgan fingerprint density at radius 3 is 2.52 bits per heavy atom. The predicted molar refractivity (Wildman–Crippen MR) is 82.9 cm³/mol. The third kappa shape index (κ3) is 2.95. The SMILES string of the molecule is NC(=O)C(=O)c1cn(CC(=O)N2CCOCC2)c2ccccc12. The highest BCUT2D eigenvalue weighted by atomic mass is 16.5. The van der Waals surface area contributed by atoms with E-state index in [-0.39, 0.29) is 18.0 Å². The van der Waals surface area contributed by atoms with Crippen molar-refractivity contribution in [3.8, 4) is 0 Å². The molecule has 1 aromatic carbocycles. The van der Waals surface area contributed by atoms with Crippen molar-refractivity contribution < 1.29 is 19.1 Å². The van der Waals surface area contributed by atoms with Crippen LogP contribution in [-0.4, -0.2) is 53.4 Å². The van der Waals surface area contributed by atoms with Crippen LogP contribution >= 0.6 is 0 Å². The third-order valence-corrected chi connectivity index (χ3v) is 3.93. The highest BCUT2D eigenvalue weighted by Gasteiger charge is 2.22. The molecule has 1 saturated heterocycles. The van der Waals surface area contributed by atoms with Gasteiger partial charge < -0.3 is 19.9 Å². The molecule has 2 N–H and O–H groups in total. The first-order valence-electron chi connectivity index (χ1n) is 7.35. The second-order valence-electron chi connectivity index (χ2n) is 5.37. The summed E-state index contributed by atoms with van der Waals surface area (Å²) in [7, 11) is 0. The number of hydrogen-bond acceptors (Lipinski definition) is 4. The maximum Gasteiger partial charge on any atom is 0.289 e. The van der Waals surface area contributed by atoms with Crippen LogP contribution in [0.2, 0.25) is 0 Å². The van der Waals surface area contributed by atoms with Gasteiger partial charge in [0.15, 0.2) is 0 Å². The number of para-hydroxylation sites is 1. The average Bonchev–Trinajstić information content (AvgIpc) is 2.93. The van der Waals surface area contributed by atoms with Gasteiger partial charge in [0.2, 0.25) is 5.91 Å². The van der Waals surface area contributed by atoms with E-state index in [1.807, 2.05) is 6.07 Å². The molecule has 2 aromatic rings. The molecular weight excluding hydrogens is 298 g/mol. The number of rotatable bonds is 4. The van der Waals surface area contributed by atoms with E-state index >= 15 is 0 Å². The van der Waals surface area contributed by atoms with Crippen LogP contribution in [0.3, 0.4) is 0 Å². The second kappa shape index (κ2) is 6.21. The molecule has 1 aliphatic rings. The zero-order chi connectivity index (χ0) is 16.4. The van der Waals surface area contributed by atoms with Gasteiger partial charge in [0.25, 0.3) is 11.7 Å².